The Morgan fingerprint density at radius 2 is 1.74 bits per heavy atom. The second-order valence-corrected chi connectivity index (χ2v) is 8.20. The van der Waals surface area contributed by atoms with Gasteiger partial charge in [0.25, 0.3) is 5.91 Å². The third-order valence-electron chi connectivity index (χ3n) is 6.11. The molecule has 2 heterocycles. The number of fused-ring (bicyclic) bond motifs is 1. The van der Waals surface area contributed by atoms with Crippen molar-refractivity contribution in [3.63, 3.8) is 0 Å². The number of likely N-dealkylation sites (tertiary alicyclic amines) is 2. The number of nitrogens with zero attached hydrogens (tertiary/aromatic N) is 2. The van der Waals surface area contributed by atoms with Gasteiger partial charge in [-0.05, 0) is 36.1 Å². The average molecular weight is 421 g/mol. The van der Waals surface area contributed by atoms with Gasteiger partial charge >= 0.3 is 0 Å². The number of rotatable bonds is 6. The van der Waals surface area contributed by atoms with Crippen molar-refractivity contribution in [1.82, 2.24) is 15.1 Å². The third kappa shape index (κ3) is 4.60. The molecule has 2 fully saturated rings. The number of carbonyl (C=O) groups excluding carboxylic acids is 4. The van der Waals surface area contributed by atoms with Crippen LogP contribution in [-0.2, 0) is 14.4 Å². The Bertz CT molecular complexity index is 998. The maximum atomic E-state index is 13.2. The fourth-order valence-corrected chi connectivity index (χ4v) is 4.42. The van der Waals surface area contributed by atoms with Crippen LogP contribution >= 0.6 is 0 Å². The second kappa shape index (κ2) is 9.29. The molecule has 4 rings (SSSR count). The van der Waals surface area contributed by atoms with Crippen LogP contribution in [0.15, 0.2) is 42.5 Å². The Kier molecular flexibility index (Phi) is 6.30. The maximum absolute atomic E-state index is 13.2. The van der Waals surface area contributed by atoms with Gasteiger partial charge < -0.3 is 10.2 Å². The van der Waals surface area contributed by atoms with Crippen LogP contribution < -0.4 is 5.32 Å². The van der Waals surface area contributed by atoms with Crippen LogP contribution in [0, 0.1) is 5.92 Å². The summed E-state index contributed by atoms with van der Waals surface area (Å²) in [4.78, 5) is 52.1. The van der Waals surface area contributed by atoms with Gasteiger partial charge in [-0.3, -0.25) is 24.1 Å². The summed E-state index contributed by atoms with van der Waals surface area (Å²) >= 11 is 0. The van der Waals surface area contributed by atoms with Crippen LogP contribution in [0.2, 0.25) is 0 Å². The quantitative estimate of drug-likeness (QED) is 0.573. The fraction of sp³-hybridized carbons (Fsp3) is 0.417. The molecule has 2 saturated heterocycles. The molecule has 1 unspecified atom stereocenters. The van der Waals surface area contributed by atoms with Crippen molar-refractivity contribution in [2.45, 2.75) is 32.1 Å². The first-order valence-corrected chi connectivity index (χ1v) is 10.9. The molecule has 0 bridgehead atoms. The van der Waals surface area contributed by atoms with Gasteiger partial charge in [-0.1, -0.05) is 36.4 Å². The highest BCUT2D eigenvalue weighted by Gasteiger charge is 2.30. The molecule has 7 nitrogen and oxygen atoms in total. The second-order valence-electron chi connectivity index (χ2n) is 8.20. The number of amides is 4. The van der Waals surface area contributed by atoms with Gasteiger partial charge in [-0.25, -0.2) is 0 Å². The van der Waals surface area contributed by atoms with Gasteiger partial charge in [-0.15, -0.1) is 0 Å². The van der Waals surface area contributed by atoms with Crippen molar-refractivity contribution in [2.24, 2.45) is 5.92 Å². The molecule has 0 aromatic heterocycles. The van der Waals surface area contributed by atoms with Crippen molar-refractivity contribution in [3.8, 4) is 0 Å². The SMILES string of the molecule is O=C(NCCCN1C(=O)CCC1=O)C1CCCN(C(=O)c2cccc3ccccc23)C1. The third-order valence-corrected chi connectivity index (χ3v) is 6.11. The molecule has 0 aliphatic carbocycles. The topological polar surface area (TPSA) is 86.8 Å². The van der Waals surface area contributed by atoms with E-state index in [-0.39, 0.29) is 42.4 Å². The van der Waals surface area contributed by atoms with E-state index in [1.165, 1.54) is 4.90 Å². The van der Waals surface area contributed by atoms with Gasteiger partial charge in [0.15, 0.2) is 0 Å². The van der Waals surface area contributed by atoms with Crippen LogP contribution in [0.25, 0.3) is 10.8 Å². The monoisotopic (exact) mass is 421 g/mol. The number of hydrogen-bond donors (Lipinski definition) is 1. The summed E-state index contributed by atoms with van der Waals surface area (Å²) in [7, 11) is 0. The van der Waals surface area contributed by atoms with Crippen molar-refractivity contribution < 1.29 is 19.2 Å². The minimum Gasteiger partial charge on any atom is -0.356 e. The van der Waals surface area contributed by atoms with E-state index in [2.05, 4.69) is 5.32 Å². The van der Waals surface area contributed by atoms with Crippen molar-refractivity contribution in [3.05, 3.63) is 48.0 Å². The normalized spacial score (nSPS) is 19.2. The van der Waals surface area contributed by atoms with E-state index in [1.54, 1.807) is 4.90 Å². The lowest BCUT2D eigenvalue weighted by Crippen LogP contribution is -2.45. The minimum absolute atomic E-state index is 0.0413. The lowest BCUT2D eigenvalue weighted by Gasteiger charge is -2.32. The Balaban J connectivity index is 1.31. The number of hydrogen-bond acceptors (Lipinski definition) is 4. The van der Waals surface area contributed by atoms with E-state index in [1.807, 2.05) is 42.5 Å². The molecule has 2 aromatic rings. The summed E-state index contributed by atoms with van der Waals surface area (Å²) in [5.74, 6) is -0.630. The molecular weight excluding hydrogens is 394 g/mol. The number of carbonyl (C=O) groups is 4. The molecule has 7 heteroatoms. The molecule has 1 atom stereocenters. The van der Waals surface area contributed by atoms with Gasteiger partial charge in [0.05, 0.1) is 5.92 Å². The molecule has 4 amide bonds. The van der Waals surface area contributed by atoms with E-state index >= 15 is 0 Å². The highest BCUT2D eigenvalue weighted by Crippen LogP contribution is 2.23. The number of nitrogens with one attached hydrogen (secondary N) is 1. The molecule has 0 saturated carbocycles. The van der Waals surface area contributed by atoms with Crippen LogP contribution in [0.5, 0.6) is 0 Å². The molecule has 2 aliphatic rings. The zero-order chi connectivity index (χ0) is 21.8. The Morgan fingerprint density at radius 3 is 2.55 bits per heavy atom. The Hall–Kier alpha value is -3.22. The predicted octanol–water partition coefficient (Wildman–Crippen LogP) is 2.35. The van der Waals surface area contributed by atoms with Crippen LogP contribution in [0.3, 0.4) is 0 Å². The van der Waals surface area contributed by atoms with E-state index in [0.29, 0.717) is 38.2 Å². The summed E-state index contributed by atoms with van der Waals surface area (Å²) in [6.07, 6.45) is 2.63. The maximum Gasteiger partial charge on any atom is 0.254 e. The fourth-order valence-electron chi connectivity index (χ4n) is 4.42. The number of benzene rings is 2. The lowest BCUT2D eigenvalue weighted by atomic mass is 9.95. The van der Waals surface area contributed by atoms with Gasteiger partial charge in [0, 0.05) is 44.6 Å². The van der Waals surface area contributed by atoms with Crippen molar-refractivity contribution in [2.75, 3.05) is 26.2 Å². The first-order chi connectivity index (χ1) is 15.0. The summed E-state index contributed by atoms with van der Waals surface area (Å²) in [6, 6.07) is 13.5. The van der Waals surface area contributed by atoms with Gasteiger partial charge in [0.2, 0.25) is 17.7 Å². The summed E-state index contributed by atoms with van der Waals surface area (Å²) in [6.45, 7) is 1.79. The molecule has 162 valence electrons. The zero-order valence-electron chi connectivity index (χ0n) is 17.5. The molecular formula is C24H27N3O4. The van der Waals surface area contributed by atoms with Crippen molar-refractivity contribution in [1.29, 1.82) is 0 Å². The first kappa shape index (κ1) is 21.0. The van der Waals surface area contributed by atoms with Gasteiger partial charge in [-0.2, -0.15) is 0 Å². The van der Waals surface area contributed by atoms with E-state index < -0.39 is 0 Å². The molecule has 2 aliphatic heterocycles. The first-order valence-electron chi connectivity index (χ1n) is 10.9. The number of imide groups is 1. The molecule has 1 N–H and O–H groups in total. The van der Waals surface area contributed by atoms with Gasteiger partial charge in [0.1, 0.15) is 0 Å². The summed E-state index contributed by atoms with van der Waals surface area (Å²) in [5, 5.41) is 4.86. The van der Waals surface area contributed by atoms with Crippen LogP contribution in [-0.4, -0.2) is 59.6 Å². The molecule has 0 spiro atoms. The van der Waals surface area contributed by atoms with E-state index in [9.17, 15) is 19.2 Å². The smallest absolute Gasteiger partial charge is 0.254 e. The Labute approximate surface area is 181 Å². The average Bonchev–Trinajstić information content (AvgIpc) is 3.13. The van der Waals surface area contributed by atoms with Crippen molar-refractivity contribution >= 4 is 34.4 Å². The largest absolute Gasteiger partial charge is 0.356 e. The summed E-state index contributed by atoms with van der Waals surface area (Å²) < 4.78 is 0. The standard InChI is InChI=1S/C24H27N3O4/c28-21-11-12-22(29)27(21)15-5-13-25-23(30)18-8-4-14-26(16-18)24(31)20-10-3-7-17-6-1-2-9-19(17)20/h1-3,6-7,9-10,18H,4-5,8,11-16H2,(H,25,30). The highest BCUT2D eigenvalue weighted by molar-refractivity contribution is 6.07. The molecule has 0 radical (unpaired) electrons. The van der Waals surface area contributed by atoms with E-state index in [0.717, 1.165) is 23.6 Å². The zero-order valence-corrected chi connectivity index (χ0v) is 17.5. The van der Waals surface area contributed by atoms with Crippen LogP contribution in [0.4, 0.5) is 0 Å². The van der Waals surface area contributed by atoms with Crippen LogP contribution in [0.1, 0.15) is 42.5 Å². The molecule has 2 aromatic carbocycles. The summed E-state index contributed by atoms with van der Waals surface area (Å²) in [5.41, 5.74) is 0.666. The molecule has 31 heavy (non-hydrogen) atoms. The number of piperidine rings is 1. The highest BCUT2D eigenvalue weighted by atomic mass is 16.2. The lowest BCUT2D eigenvalue weighted by molar-refractivity contribution is -0.138. The minimum atomic E-state index is -0.247. The Morgan fingerprint density at radius 1 is 1.00 bits per heavy atom. The van der Waals surface area contributed by atoms with E-state index in [4.69, 9.17) is 0 Å². The predicted molar refractivity (Wildman–Crippen MR) is 116 cm³/mol.